The van der Waals surface area contributed by atoms with Crippen molar-refractivity contribution in [2.24, 2.45) is 11.7 Å². The van der Waals surface area contributed by atoms with E-state index < -0.39 is 0 Å². The Morgan fingerprint density at radius 1 is 1.40 bits per heavy atom. The summed E-state index contributed by atoms with van der Waals surface area (Å²) in [7, 11) is 1.87. The summed E-state index contributed by atoms with van der Waals surface area (Å²) in [5, 5.41) is 0.565. The fourth-order valence-corrected chi connectivity index (χ4v) is 3.86. The van der Waals surface area contributed by atoms with Gasteiger partial charge in [0.15, 0.2) is 0 Å². The van der Waals surface area contributed by atoms with Gasteiger partial charge in [-0.15, -0.1) is 0 Å². The third-order valence-electron chi connectivity index (χ3n) is 4.10. The molecule has 2 N–H and O–H groups in total. The molecule has 1 saturated carbocycles. The second-order valence-electron chi connectivity index (χ2n) is 5.42. The van der Waals surface area contributed by atoms with E-state index in [1.54, 1.807) is 12.1 Å². The lowest BCUT2D eigenvalue weighted by Crippen LogP contribution is -2.45. The molecule has 110 valence electrons. The maximum atomic E-state index is 12.6. The Morgan fingerprint density at radius 2 is 2.10 bits per heavy atom. The zero-order valence-corrected chi connectivity index (χ0v) is 14.0. The van der Waals surface area contributed by atoms with Gasteiger partial charge in [-0.2, -0.15) is 0 Å². The van der Waals surface area contributed by atoms with Crippen LogP contribution in [0.25, 0.3) is 0 Å². The Morgan fingerprint density at radius 3 is 2.75 bits per heavy atom. The molecule has 0 heterocycles. The summed E-state index contributed by atoms with van der Waals surface area (Å²) >= 11 is 9.40. The van der Waals surface area contributed by atoms with E-state index in [4.69, 9.17) is 17.3 Å². The van der Waals surface area contributed by atoms with Gasteiger partial charge in [0.1, 0.15) is 0 Å². The topological polar surface area (TPSA) is 46.3 Å². The average Bonchev–Trinajstić information content (AvgIpc) is 2.44. The number of carbonyl (C=O) groups is 1. The first kappa shape index (κ1) is 15.8. The highest BCUT2D eigenvalue weighted by molar-refractivity contribution is 9.10. The minimum Gasteiger partial charge on any atom is -0.338 e. The second kappa shape index (κ2) is 6.92. The number of benzene rings is 1. The van der Waals surface area contributed by atoms with Crippen LogP contribution < -0.4 is 5.73 Å². The molecule has 0 aliphatic heterocycles. The second-order valence-corrected chi connectivity index (χ2v) is 6.77. The summed E-state index contributed by atoms with van der Waals surface area (Å²) < 4.78 is 0.820. The third kappa shape index (κ3) is 3.54. The molecule has 20 heavy (non-hydrogen) atoms. The minimum absolute atomic E-state index is 0.0125. The molecule has 0 saturated heterocycles. The monoisotopic (exact) mass is 358 g/mol. The van der Waals surface area contributed by atoms with E-state index in [9.17, 15) is 4.79 Å². The Hall–Kier alpha value is -0.580. The summed E-state index contributed by atoms with van der Waals surface area (Å²) in [6.45, 7) is 0.640. The maximum Gasteiger partial charge on any atom is 0.253 e. The largest absolute Gasteiger partial charge is 0.338 e. The molecular weight excluding hydrogens is 340 g/mol. The summed E-state index contributed by atoms with van der Waals surface area (Å²) in [4.78, 5) is 14.5. The van der Waals surface area contributed by atoms with E-state index >= 15 is 0 Å². The zero-order valence-electron chi connectivity index (χ0n) is 11.6. The zero-order chi connectivity index (χ0) is 14.7. The lowest BCUT2D eigenvalue weighted by molar-refractivity contribution is 0.0620. The molecule has 2 atom stereocenters. The van der Waals surface area contributed by atoms with Crippen molar-refractivity contribution in [3.63, 3.8) is 0 Å². The first-order valence-corrected chi connectivity index (χ1v) is 8.13. The predicted octanol–water partition coefficient (Wildman–Crippen LogP) is 3.69. The van der Waals surface area contributed by atoms with Crippen molar-refractivity contribution in [1.82, 2.24) is 4.90 Å². The van der Waals surface area contributed by atoms with Crippen LogP contribution in [0.1, 0.15) is 36.0 Å². The highest BCUT2D eigenvalue weighted by Crippen LogP contribution is 2.29. The Kier molecular flexibility index (Phi) is 5.47. The minimum atomic E-state index is 0.0125. The molecule has 0 spiro atoms. The van der Waals surface area contributed by atoms with Crippen LogP contribution in [0.4, 0.5) is 0 Å². The first-order chi connectivity index (χ1) is 9.52. The normalized spacial score (nSPS) is 22.6. The van der Waals surface area contributed by atoms with E-state index in [2.05, 4.69) is 15.9 Å². The molecule has 0 aromatic heterocycles. The summed E-state index contributed by atoms with van der Waals surface area (Å²) in [6.07, 6.45) is 4.52. The molecule has 2 rings (SSSR count). The van der Waals surface area contributed by atoms with Crippen LogP contribution in [0.15, 0.2) is 22.7 Å². The van der Waals surface area contributed by atoms with Gasteiger partial charge in [-0.25, -0.2) is 0 Å². The predicted molar refractivity (Wildman–Crippen MR) is 86.0 cm³/mol. The van der Waals surface area contributed by atoms with Gasteiger partial charge in [0, 0.05) is 28.1 Å². The van der Waals surface area contributed by atoms with Crippen molar-refractivity contribution in [3.8, 4) is 0 Å². The Balaban J connectivity index is 2.18. The number of nitrogens with two attached hydrogens (primary N) is 1. The van der Waals surface area contributed by atoms with Crippen LogP contribution in [0.2, 0.25) is 5.02 Å². The van der Waals surface area contributed by atoms with Gasteiger partial charge in [-0.1, -0.05) is 40.4 Å². The van der Waals surface area contributed by atoms with Crippen LogP contribution in [-0.2, 0) is 0 Å². The number of rotatable bonds is 3. The molecule has 2 unspecified atom stereocenters. The highest BCUT2D eigenvalue weighted by Gasteiger charge is 2.30. The third-order valence-corrected chi connectivity index (χ3v) is 4.78. The van der Waals surface area contributed by atoms with Crippen molar-refractivity contribution in [2.75, 3.05) is 13.6 Å². The molecule has 1 amide bonds. The van der Waals surface area contributed by atoms with E-state index in [-0.39, 0.29) is 11.9 Å². The number of nitrogens with zero attached hydrogens (tertiary/aromatic N) is 1. The molecule has 1 aliphatic rings. The van der Waals surface area contributed by atoms with Crippen molar-refractivity contribution >= 4 is 33.4 Å². The standard InChI is InChI=1S/C15H20BrClN2O/c1-19(14-5-3-2-4-10(14)9-18)15(20)11-6-12(16)8-13(17)7-11/h6-8,10,14H,2-5,9,18H2,1H3. The van der Waals surface area contributed by atoms with Crippen LogP contribution in [0, 0.1) is 5.92 Å². The number of hydrogen-bond acceptors (Lipinski definition) is 2. The molecule has 5 heteroatoms. The number of carbonyl (C=O) groups excluding carboxylic acids is 1. The first-order valence-electron chi connectivity index (χ1n) is 6.96. The fourth-order valence-electron chi connectivity index (χ4n) is 3.00. The van der Waals surface area contributed by atoms with Gasteiger partial charge in [0.2, 0.25) is 0 Å². The van der Waals surface area contributed by atoms with Gasteiger partial charge in [0.05, 0.1) is 0 Å². The number of halogens is 2. The van der Waals surface area contributed by atoms with Crippen molar-refractivity contribution in [3.05, 3.63) is 33.3 Å². The molecule has 1 fully saturated rings. The maximum absolute atomic E-state index is 12.6. The van der Waals surface area contributed by atoms with Gasteiger partial charge >= 0.3 is 0 Å². The highest BCUT2D eigenvalue weighted by atomic mass is 79.9. The van der Waals surface area contributed by atoms with Gasteiger partial charge in [-0.05, 0) is 43.5 Å². The lowest BCUT2D eigenvalue weighted by atomic mass is 9.83. The summed E-state index contributed by atoms with van der Waals surface area (Å²) in [6, 6.07) is 5.54. The molecule has 0 radical (unpaired) electrons. The van der Waals surface area contributed by atoms with Crippen LogP contribution in [0.3, 0.4) is 0 Å². The van der Waals surface area contributed by atoms with E-state index in [1.807, 2.05) is 18.0 Å². The quantitative estimate of drug-likeness (QED) is 0.894. The Bertz CT molecular complexity index is 475. The van der Waals surface area contributed by atoms with E-state index in [0.29, 0.717) is 23.0 Å². The summed E-state index contributed by atoms with van der Waals surface area (Å²) in [5.74, 6) is 0.416. The van der Waals surface area contributed by atoms with Crippen LogP contribution >= 0.6 is 27.5 Å². The van der Waals surface area contributed by atoms with Gasteiger partial charge in [0.25, 0.3) is 5.91 Å². The SMILES string of the molecule is CN(C(=O)c1cc(Cl)cc(Br)c1)C1CCCCC1CN. The Labute approximate surface area is 133 Å². The molecule has 3 nitrogen and oxygen atoms in total. The number of hydrogen-bond donors (Lipinski definition) is 1. The number of amides is 1. The summed E-state index contributed by atoms with van der Waals surface area (Å²) in [5.41, 5.74) is 6.47. The van der Waals surface area contributed by atoms with Crippen molar-refractivity contribution < 1.29 is 4.79 Å². The molecule has 1 aromatic rings. The van der Waals surface area contributed by atoms with E-state index in [0.717, 1.165) is 23.7 Å². The van der Waals surface area contributed by atoms with Crippen LogP contribution in [-0.4, -0.2) is 30.4 Å². The van der Waals surface area contributed by atoms with Crippen molar-refractivity contribution in [1.29, 1.82) is 0 Å². The molecule has 0 bridgehead atoms. The molecular formula is C15H20BrClN2O. The van der Waals surface area contributed by atoms with Gasteiger partial charge in [-0.3, -0.25) is 4.79 Å². The van der Waals surface area contributed by atoms with Gasteiger partial charge < -0.3 is 10.6 Å². The van der Waals surface area contributed by atoms with Crippen LogP contribution in [0.5, 0.6) is 0 Å². The van der Waals surface area contributed by atoms with E-state index in [1.165, 1.54) is 6.42 Å². The lowest BCUT2D eigenvalue weighted by Gasteiger charge is -2.37. The molecule has 1 aromatic carbocycles. The van der Waals surface area contributed by atoms with Crippen molar-refractivity contribution in [2.45, 2.75) is 31.7 Å². The smallest absolute Gasteiger partial charge is 0.253 e. The molecule has 1 aliphatic carbocycles. The fraction of sp³-hybridized carbons (Fsp3) is 0.533. The average molecular weight is 360 g/mol.